The van der Waals surface area contributed by atoms with Gasteiger partial charge in [-0.1, -0.05) is 182 Å². The second kappa shape index (κ2) is 31.3. The number of aliphatic carboxylic acids is 1. The Balaban J connectivity index is 0.000000117. The molecule has 614 valence electrons. The number of methoxy groups -OCH3 is 3. The third-order valence-electron chi connectivity index (χ3n) is 28.1. The molecule has 6 saturated heterocycles. The van der Waals surface area contributed by atoms with Crippen LogP contribution in [0.2, 0.25) is 0 Å². The number of aliphatic hydroxyl groups is 6. The number of carbonyl (C=O) groups is 3. The highest BCUT2D eigenvalue weighted by atomic mass is 79.9. The fourth-order valence-corrected chi connectivity index (χ4v) is 24.2. The van der Waals surface area contributed by atoms with Crippen molar-refractivity contribution in [3.63, 3.8) is 0 Å². The average molecular weight is 1790 g/mol. The molecule has 118 heavy (non-hydrogen) atoms. The summed E-state index contributed by atoms with van der Waals surface area (Å²) in [6.07, 6.45) is 21.7. The molecule has 21 rings (SSSR count). The zero-order valence-electron chi connectivity index (χ0n) is 65.5. The lowest BCUT2D eigenvalue weighted by Gasteiger charge is -2.41. The number of rotatable bonds is 12. The van der Waals surface area contributed by atoms with Gasteiger partial charge >= 0.3 is 5.97 Å². The number of nitrogens with one attached hydrogen (secondary N) is 1. The van der Waals surface area contributed by atoms with Gasteiger partial charge in [0.15, 0.2) is 33.6 Å². The summed E-state index contributed by atoms with van der Waals surface area (Å²) >= 11 is 10.5. The highest BCUT2D eigenvalue weighted by Gasteiger charge is 2.82. The zero-order valence-corrected chi connectivity index (χ0v) is 70.3. The number of nitrogens with zero attached hydrogens (tertiary/aromatic N) is 5. The predicted molar refractivity (Wildman–Crippen MR) is 446 cm³/mol. The van der Waals surface area contributed by atoms with E-state index in [-0.39, 0.29) is 53.0 Å². The summed E-state index contributed by atoms with van der Waals surface area (Å²) in [4.78, 5) is 58.6. The Morgan fingerprint density at radius 3 is 0.949 bits per heavy atom. The minimum absolute atomic E-state index is 0.110. The van der Waals surface area contributed by atoms with Crippen molar-refractivity contribution >= 4 is 65.6 Å². The largest absolute Gasteiger partial charge is 0.495 e. The highest BCUT2D eigenvalue weighted by molar-refractivity contribution is 9.11. The number of ether oxygens (including phenoxy) is 6. The summed E-state index contributed by atoms with van der Waals surface area (Å²) < 4.78 is 39.4. The summed E-state index contributed by atoms with van der Waals surface area (Å²) in [6, 6.07) is 53.0. The van der Waals surface area contributed by atoms with Gasteiger partial charge in [0.05, 0.1) is 93.0 Å². The molecule has 3 aromatic heterocycles. The number of halogens is 3. The number of benzene rings is 6. The number of carbonyl (C=O) groups excluding carboxylic acids is 2. The van der Waals surface area contributed by atoms with Crippen molar-refractivity contribution in [1.82, 2.24) is 30.1 Å². The summed E-state index contributed by atoms with van der Waals surface area (Å²) in [6.45, 7) is 0. The van der Waals surface area contributed by atoms with E-state index >= 15 is 0 Å². The van der Waals surface area contributed by atoms with Gasteiger partial charge in [-0.15, -0.1) is 0 Å². The van der Waals surface area contributed by atoms with Crippen molar-refractivity contribution in [3.05, 3.63) is 264 Å². The molecule has 0 spiro atoms. The van der Waals surface area contributed by atoms with Gasteiger partial charge in [-0.05, 0) is 160 Å². The van der Waals surface area contributed by atoms with E-state index in [2.05, 4.69) is 68.1 Å². The number of aliphatic hydroxyl groups excluding tert-OH is 3. The van der Waals surface area contributed by atoms with Crippen LogP contribution in [0.25, 0.3) is 0 Å². The van der Waals surface area contributed by atoms with Crippen LogP contribution in [0.1, 0.15) is 164 Å². The number of aromatic nitrogens is 3. The van der Waals surface area contributed by atoms with Gasteiger partial charge in [0, 0.05) is 67.4 Å². The van der Waals surface area contributed by atoms with E-state index in [1.165, 1.54) is 78.2 Å². The molecule has 9 fully saturated rings. The van der Waals surface area contributed by atoms with Crippen LogP contribution >= 0.6 is 47.8 Å². The van der Waals surface area contributed by atoms with Crippen LogP contribution in [0, 0.1) is 17.8 Å². The molecule has 12 aliphatic rings. The number of piperidine rings is 3. The lowest BCUT2D eigenvalue weighted by atomic mass is 9.70. The molecule has 3 saturated carbocycles. The molecular formula is C93H95Br3N6O16. The zero-order chi connectivity index (χ0) is 82.0. The molecule has 9 aliphatic heterocycles. The topological polar surface area (TPSA) is 305 Å². The van der Waals surface area contributed by atoms with E-state index in [1.54, 1.807) is 60.9 Å². The predicted octanol–water partition coefficient (Wildman–Crippen LogP) is 13.8. The molecule has 25 heteroatoms. The maximum absolute atomic E-state index is 14.7. The molecule has 0 radical (unpaired) electrons. The van der Waals surface area contributed by atoms with E-state index in [4.69, 9.17) is 28.4 Å². The first kappa shape index (κ1) is 80.2. The smallest absolute Gasteiger partial charge is 0.310 e. The molecule has 21 atom stereocenters. The molecule has 8 N–H and O–H groups in total. The van der Waals surface area contributed by atoms with Crippen LogP contribution in [0.4, 0.5) is 0 Å². The lowest BCUT2D eigenvalue weighted by Crippen LogP contribution is -2.52. The number of amides is 2. The SMILES string of the molecule is C1C[C@@H]2CC[C@H](C1)N2.COc1cncc2c1[C@]1(O)[C@H](O)[C@H](C(=O)N3[C@@H]4CCC[C@H]3CC4)[C@@H](c3ccccc3)[C@]1(c1ccc(Br)cc1)O2.COc1cncc2c1[C@]1(O)[C@H](O)[C@H](C(=O)N3[C@@H]4CCC[C@H]3CC4)[C@@H](c3ccccc3)[C@]1(c1ccc(Br)cc1)O2.COc1cncc2c1[C@]1(O)[C@H](O)[C@H](C(=O)O)[C@@H](c3ccccc3)[C@]1(c1ccc(Br)cc1)O2. The molecule has 12 heterocycles. The second-order valence-corrected chi connectivity index (χ2v) is 36.3. The Bertz CT molecular complexity index is 4990. The van der Waals surface area contributed by atoms with Crippen molar-refractivity contribution in [2.24, 2.45) is 17.8 Å². The maximum atomic E-state index is 14.7. The number of pyridine rings is 3. The van der Waals surface area contributed by atoms with Crippen molar-refractivity contribution < 1.29 is 78.6 Å². The third-order valence-corrected chi connectivity index (χ3v) is 29.7. The van der Waals surface area contributed by atoms with Gasteiger partial charge in [0.25, 0.3) is 0 Å². The van der Waals surface area contributed by atoms with Gasteiger partial charge in [0.1, 0.15) is 52.8 Å². The number of hydrogen-bond acceptors (Lipinski definition) is 19. The molecule has 3 aliphatic carbocycles. The fraction of sp³-hybridized carbons (Fsp3) is 0.419. The minimum atomic E-state index is -2.12. The fourth-order valence-electron chi connectivity index (χ4n) is 23.4. The van der Waals surface area contributed by atoms with E-state index in [0.29, 0.717) is 56.4 Å². The summed E-state index contributed by atoms with van der Waals surface area (Å²) in [5.74, 6) is -5.23. The first-order chi connectivity index (χ1) is 57.1. The van der Waals surface area contributed by atoms with Crippen LogP contribution < -0.4 is 33.7 Å². The molecule has 6 aromatic carbocycles. The Morgan fingerprint density at radius 2 is 0.669 bits per heavy atom. The molecule has 22 nitrogen and oxygen atoms in total. The van der Waals surface area contributed by atoms with E-state index in [1.807, 2.05) is 125 Å². The third kappa shape index (κ3) is 12.1. The molecular weight excluding hydrogens is 1700 g/mol. The van der Waals surface area contributed by atoms with E-state index in [0.717, 1.165) is 101 Å². The van der Waals surface area contributed by atoms with Gasteiger partial charge in [0.2, 0.25) is 11.8 Å². The minimum Gasteiger partial charge on any atom is -0.495 e. The first-order valence-corrected chi connectivity index (χ1v) is 43.4. The summed E-state index contributed by atoms with van der Waals surface area (Å²) in [5.41, 5.74) is -5.80. The maximum Gasteiger partial charge on any atom is 0.310 e. The van der Waals surface area contributed by atoms with Crippen LogP contribution in [0.15, 0.2) is 214 Å². The van der Waals surface area contributed by atoms with E-state index in [9.17, 15) is 50.1 Å². The normalized spacial score (nSPS) is 34.0. The Morgan fingerprint density at radius 1 is 0.390 bits per heavy atom. The second-order valence-electron chi connectivity index (χ2n) is 33.6. The van der Waals surface area contributed by atoms with Gasteiger partial charge in [-0.25, -0.2) is 0 Å². The van der Waals surface area contributed by atoms with Crippen molar-refractivity contribution in [3.8, 4) is 34.5 Å². The standard InChI is InChI=1S/2C31H31BrN2O5.C24H20BrNO6.C7H13N/c2*1-38-23-16-33-17-24-27(23)30(37)28(35)25(29(36)34-21-8-5-9-22(34)15-14-21)26(18-6-3-2-4-7-18)31(30,39-24)19-10-12-20(32)13-11-19;1-31-16-11-26-12-17-20(16)23(30)21(27)18(22(28)29)19(13-5-3-2-4-6-13)24(23,32-17)14-7-9-15(25)10-8-14;1-2-6-4-5-7(3-1)8-6/h2*2-4,6-7,10-13,16-17,21-22,25-26,28,35,37H,5,8-9,14-15H2,1H3;2-12,18-19,21,27,30H,1H3,(H,28,29);6-8H,1-5H2/t2*21-,22+,25-,26-,28-,30+,31+;18-,19-,21-,23+,24+;6-,7+/m111./s1. The van der Waals surface area contributed by atoms with Crippen LogP contribution in [-0.2, 0) is 48.0 Å². The van der Waals surface area contributed by atoms with Crippen molar-refractivity contribution in [2.45, 2.75) is 202 Å². The Labute approximate surface area is 709 Å². The first-order valence-electron chi connectivity index (χ1n) is 41.1. The van der Waals surface area contributed by atoms with Gasteiger partial charge in [-0.2, -0.15) is 0 Å². The Kier molecular flexibility index (Phi) is 21.3. The molecule has 0 unspecified atom stereocenters. The molecule has 2 amide bonds. The quantitative estimate of drug-likeness (QED) is 0.0563. The Hall–Kier alpha value is -8.86. The van der Waals surface area contributed by atoms with Crippen LogP contribution in [0.5, 0.6) is 34.5 Å². The monoisotopic (exact) mass is 1790 g/mol. The van der Waals surface area contributed by atoms with Crippen molar-refractivity contribution in [2.75, 3.05) is 21.3 Å². The lowest BCUT2D eigenvalue weighted by molar-refractivity contribution is -0.159. The average Bonchev–Trinajstić information content (AvgIpc) is 1.50. The number of carboxylic acids is 1. The number of carboxylic acid groups (broad SMARTS) is 1. The summed E-state index contributed by atoms with van der Waals surface area (Å²) in [7, 11) is 4.43. The van der Waals surface area contributed by atoms with Gasteiger partial charge < -0.3 is 79.3 Å². The number of fused-ring (bicyclic) bond motifs is 15. The van der Waals surface area contributed by atoms with Crippen LogP contribution in [0.3, 0.4) is 0 Å². The summed E-state index contributed by atoms with van der Waals surface area (Å²) in [5, 5.41) is 88.2. The molecule has 6 bridgehead atoms. The van der Waals surface area contributed by atoms with Crippen LogP contribution in [-0.4, -0.2) is 154 Å². The van der Waals surface area contributed by atoms with E-state index < -0.39 is 93.4 Å². The van der Waals surface area contributed by atoms with Crippen molar-refractivity contribution in [1.29, 1.82) is 0 Å². The highest BCUT2D eigenvalue weighted by Crippen LogP contribution is 2.74. The molecule has 9 aromatic rings. The number of hydrogen-bond donors (Lipinski definition) is 8. The van der Waals surface area contributed by atoms with Gasteiger partial charge in [-0.3, -0.25) is 29.3 Å².